The third kappa shape index (κ3) is 3.26. The molecule has 6 heteroatoms. The van der Waals surface area contributed by atoms with E-state index in [9.17, 15) is 15.0 Å². The van der Waals surface area contributed by atoms with Gasteiger partial charge >= 0.3 is 0 Å². The number of hydrogen-bond acceptors (Lipinski definition) is 4. The third-order valence-corrected chi connectivity index (χ3v) is 9.09. The third-order valence-electron chi connectivity index (χ3n) is 9.09. The van der Waals surface area contributed by atoms with E-state index in [0.717, 1.165) is 36.8 Å². The number of nitroso groups, excluding NO2 is 1. The van der Waals surface area contributed by atoms with Crippen LogP contribution < -0.4 is 5.43 Å². The minimum absolute atomic E-state index is 0.133. The molecule has 2 aliphatic carbocycles. The largest absolute Gasteiger partial charge is 0.269 e. The Balaban J connectivity index is 1.51. The van der Waals surface area contributed by atoms with E-state index < -0.39 is 0 Å². The minimum atomic E-state index is -0.335. The zero-order valence-electron chi connectivity index (χ0n) is 21.5. The quantitative estimate of drug-likeness (QED) is 0.148. The normalized spacial score (nSPS) is 20.3. The highest BCUT2D eigenvalue weighted by molar-refractivity contribution is 5.84. The van der Waals surface area contributed by atoms with E-state index in [2.05, 4.69) is 79.2 Å². The second-order valence-electron chi connectivity index (χ2n) is 10.4. The molecule has 0 saturated carbocycles. The molecule has 2 atom stereocenters. The lowest BCUT2D eigenvalue weighted by Gasteiger charge is -2.37. The number of benzene rings is 4. The molecule has 2 unspecified atom stereocenters. The van der Waals surface area contributed by atoms with Gasteiger partial charge in [0.2, 0.25) is 0 Å². The maximum Gasteiger partial charge on any atom is 0.269 e. The van der Waals surface area contributed by atoms with E-state index in [1.807, 2.05) is 18.2 Å². The summed E-state index contributed by atoms with van der Waals surface area (Å²) in [6, 6.07) is 28.4. The SMILES string of the molecule is CCC1(CCC2(CC)c3ccccc3-c3ccc([N+](=O)[O-])cc32)c2ccccc2-c2ccc(NN=O)cc21. The molecule has 0 spiro atoms. The van der Waals surface area contributed by atoms with Gasteiger partial charge in [-0.1, -0.05) is 68.4 Å². The van der Waals surface area contributed by atoms with E-state index in [1.54, 1.807) is 12.1 Å². The van der Waals surface area contributed by atoms with Crippen LogP contribution in [0.5, 0.6) is 0 Å². The molecule has 4 aromatic carbocycles. The molecule has 38 heavy (non-hydrogen) atoms. The second-order valence-corrected chi connectivity index (χ2v) is 10.4. The zero-order valence-corrected chi connectivity index (χ0v) is 21.5. The average Bonchev–Trinajstić information content (AvgIpc) is 3.39. The summed E-state index contributed by atoms with van der Waals surface area (Å²) in [5.41, 5.74) is 12.3. The molecule has 0 bridgehead atoms. The average molecular weight is 504 g/mol. The van der Waals surface area contributed by atoms with Crippen molar-refractivity contribution >= 4 is 11.4 Å². The van der Waals surface area contributed by atoms with Crippen molar-refractivity contribution in [2.24, 2.45) is 5.29 Å². The molecule has 1 N–H and O–H groups in total. The fourth-order valence-corrected chi connectivity index (χ4v) is 7.22. The molecule has 0 aliphatic heterocycles. The molecule has 0 saturated heterocycles. The lowest BCUT2D eigenvalue weighted by Crippen LogP contribution is -2.31. The molecule has 0 amide bonds. The molecule has 0 heterocycles. The number of nitrogens with zero attached hydrogens (tertiary/aromatic N) is 2. The van der Waals surface area contributed by atoms with Gasteiger partial charge in [0.15, 0.2) is 0 Å². The highest BCUT2D eigenvalue weighted by Crippen LogP contribution is 2.59. The summed E-state index contributed by atoms with van der Waals surface area (Å²) in [6.07, 6.45) is 3.41. The minimum Gasteiger partial charge on any atom is -0.258 e. The van der Waals surface area contributed by atoms with Gasteiger partial charge in [-0.05, 0) is 88.4 Å². The monoisotopic (exact) mass is 503 g/mol. The predicted molar refractivity (Wildman–Crippen MR) is 151 cm³/mol. The molecule has 2 aliphatic rings. The Bertz CT molecular complexity index is 1600. The summed E-state index contributed by atoms with van der Waals surface area (Å²) in [4.78, 5) is 22.5. The van der Waals surface area contributed by atoms with Crippen LogP contribution in [0, 0.1) is 15.0 Å². The first-order valence-corrected chi connectivity index (χ1v) is 13.2. The number of nitro benzene ring substituents is 1. The van der Waals surface area contributed by atoms with Crippen LogP contribution in [0.3, 0.4) is 0 Å². The zero-order chi connectivity index (χ0) is 26.5. The van der Waals surface area contributed by atoms with Crippen molar-refractivity contribution in [3.05, 3.63) is 122 Å². The smallest absolute Gasteiger partial charge is 0.258 e. The van der Waals surface area contributed by atoms with Gasteiger partial charge in [0.1, 0.15) is 0 Å². The first-order valence-electron chi connectivity index (χ1n) is 13.2. The molecule has 0 fully saturated rings. The Morgan fingerprint density at radius 1 is 0.711 bits per heavy atom. The summed E-state index contributed by atoms with van der Waals surface area (Å²) in [5, 5.41) is 14.7. The first kappa shape index (κ1) is 24.0. The van der Waals surface area contributed by atoms with Gasteiger partial charge < -0.3 is 0 Å². The van der Waals surface area contributed by atoms with Crippen LogP contribution in [0.4, 0.5) is 11.4 Å². The Hall–Kier alpha value is -4.32. The Labute approximate surface area is 221 Å². The van der Waals surface area contributed by atoms with Crippen molar-refractivity contribution in [1.29, 1.82) is 0 Å². The van der Waals surface area contributed by atoms with Gasteiger partial charge in [0.25, 0.3) is 5.69 Å². The molecular weight excluding hydrogens is 474 g/mol. The first-order chi connectivity index (χ1) is 18.5. The van der Waals surface area contributed by atoms with E-state index in [4.69, 9.17) is 0 Å². The topological polar surface area (TPSA) is 84.6 Å². The van der Waals surface area contributed by atoms with Crippen LogP contribution in [-0.4, -0.2) is 4.92 Å². The summed E-state index contributed by atoms with van der Waals surface area (Å²) < 4.78 is 0. The van der Waals surface area contributed by atoms with Crippen LogP contribution >= 0.6 is 0 Å². The van der Waals surface area contributed by atoms with Gasteiger partial charge in [-0.3, -0.25) is 10.1 Å². The number of anilines is 1. The van der Waals surface area contributed by atoms with Crippen LogP contribution in [0.15, 0.2) is 90.2 Å². The lowest BCUT2D eigenvalue weighted by molar-refractivity contribution is -0.384. The second kappa shape index (κ2) is 8.91. The predicted octanol–water partition coefficient (Wildman–Crippen LogP) is 8.52. The van der Waals surface area contributed by atoms with Gasteiger partial charge in [0, 0.05) is 23.0 Å². The summed E-state index contributed by atoms with van der Waals surface area (Å²) in [5.74, 6) is 0. The number of nitro groups is 1. The van der Waals surface area contributed by atoms with Crippen molar-refractivity contribution in [3.63, 3.8) is 0 Å². The van der Waals surface area contributed by atoms with Crippen LogP contribution in [0.1, 0.15) is 61.8 Å². The van der Waals surface area contributed by atoms with E-state index in [0.29, 0.717) is 5.69 Å². The van der Waals surface area contributed by atoms with E-state index in [-0.39, 0.29) is 21.4 Å². The maximum absolute atomic E-state index is 11.8. The molecule has 6 nitrogen and oxygen atoms in total. The standard InChI is InChI=1S/C32H29N3O3/c1-3-31(27-11-7-5-9-23(27)25-15-13-21(33-34-36)19-29(25)31)17-18-32(4-2)28-12-8-6-10-24(28)26-16-14-22(35(37)38)20-30(26)32/h5-16,19-20H,3-4,17-18H2,1-2H3,(H,33,36). The van der Waals surface area contributed by atoms with Crippen molar-refractivity contribution in [2.75, 3.05) is 5.43 Å². The van der Waals surface area contributed by atoms with Crippen molar-refractivity contribution in [2.45, 2.75) is 50.4 Å². The number of nitrogens with one attached hydrogen (secondary N) is 1. The fourth-order valence-electron chi connectivity index (χ4n) is 7.22. The number of rotatable bonds is 8. The maximum atomic E-state index is 11.8. The molecule has 6 rings (SSSR count). The van der Waals surface area contributed by atoms with E-state index >= 15 is 0 Å². The lowest BCUT2D eigenvalue weighted by atomic mass is 9.65. The Kier molecular flexibility index (Phi) is 5.64. The van der Waals surface area contributed by atoms with Gasteiger partial charge in [-0.2, -0.15) is 0 Å². The fraction of sp³-hybridized carbons (Fsp3) is 0.250. The highest BCUT2D eigenvalue weighted by Gasteiger charge is 2.47. The Morgan fingerprint density at radius 2 is 1.21 bits per heavy atom. The van der Waals surface area contributed by atoms with Crippen LogP contribution in [-0.2, 0) is 10.8 Å². The molecule has 0 aromatic heterocycles. The van der Waals surface area contributed by atoms with Gasteiger partial charge in [-0.25, -0.2) is 5.43 Å². The number of fused-ring (bicyclic) bond motifs is 6. The van der Waals surface area contributed by atoms with E-state index in [1.165, 1.54) is 33.4 Å². The van der Waals surface area contributed by atoms with Gasteiger partial charge in [0.05, 0.1) is 15.9 Å². The molecule has 190 valence electrons. The van der Waals surface area contributed by atoms with Crippen molar-refractivity contribution in [1.82, 2.24) is 0 Å². The van der Waals surface area contributed by atoms with Crippen LogP contribution in [0.25, 0.3) is 22.3 Å². The summed E-state index contributed by atoms with van der Waals surface area (Å²) in [7, 11) is 0. The Morgan fingerprint density at radius 3 is 1.74 bits per heavy atom. The number of hydrogen-bond donors (Lipinski definition) is 1. The van der Waals surface area contributed by atoms with Crippen LogP contribution in [0.2, 0.25) is 0 Å². The van der Waals surface area contributed by atoms with Gasteiger partial charge in [-0.15, -0.1) is 4.91 Å². The summed E-state index contributed by atoms with van der Waals surface area (Å²) in [6.45, 7) is 4.42. The van der Waals surface area contributed by atoms with Crippen molar-refractivity contribution in [3.8, 4) is 22.3 Å². The van der Waals surface area contributed by atoms with Crippen molar-refractivity contribution < 1.29 is 4.92 Å². The molecule has 4 aromatic rings. The highest BCUT2D eigenvalue weighted by atomic mass is 16.6. The molecule has 0 radical (unpaired) electrons. The molecular formula is C32H29N3O3. The summed E-state index contributed by atoms with van der Waals surface area (Å²) >= 11 is 0. The number of non-ortho nitro benzene ring substituents is 1.